The second-order valence-corrected chi connectivity index (χ2v) is 7.28. The van der Waals surface area contributed by atoms with Gasteiger partial charge in [0.1, 0.15) is 5.52 Å². The summed E-state index contributed by atoms with van der Waals surface area (Å²) >= 11 is 0. The normalized spacial score (nSPS) is 17.2. The van der Waals surface area contributed by atoms with Gasteiger partial charge in [-0.25, -0.2) is 9.67 Å². The van der Waals surface area contributed by atoms with Crippen LogP contribution in [-0.4, -0.2) is 63.4 Å². The van der Waals surface area contributed by atoms with Crippen LogP contribution >= 0.6 is 0 Å². The number of benzene rings is 1. The Hall–Kier alpha value is -2.78. The first-order chi connectivity index (χ1) is 14.7. The van der Waals surface area contributed by atoms with Gasteiger partial charge >= 0.3 is 0 Å². The predicted octanol–water partition coefficient (Wildman–Crippen LogP) is 2.84. The number of carbonyl (C=O) groups excluding carboxylic acids is 1. The van der Waals surface area contributed by atoms with E-state index in [1.165, 1.54) is 0 Å². The Balaban J connectivity index is 1.42. The van der Waals surface area contributed by atoms with Crippen LogP contribution in [0.3, 0.4) is 0 Å². The fourth-order valence-corrected chi connectivity index (χ4v) is 3.75. The molecule has 2 aromatic heterocycles. The SMILES string of the molecule is CCOC(Cn1cc(C(=O)N2CCCC(c3nc4ccccc4o3)C2)nn1)OCC. The molecule has 1 aromatic carbocycles. The van der Waals surface area contributed by atoms with Crippen molar-refractivity contribution in [2.24, 2.45) is 0 Å². The molecule has 1 aliphatic rings. The number of nitrogens with zero attached hydrogens (tertiary/aromatic N) is 5. The molecule has 1 atom stereocenters. The molecular formula is C21H27N5O4. The first-order valence-corrected chi connectivity index (χ1v) is 10.5. The predicted molar refractivity (Wildman–Crippen MR) is 109 cm³/mol. The van der Waals surface area contributed by atoms with Crippen molar-refractivity contribution in [2.45, 2.75) is 45.4 Å². The zero-order valence-electron chi connectivity index (χ0n) is 17.4. The van der Waals surface area contributed by atoms with Crippen LogP contribution < -0.4 is 0 Å². The minimum atomic E-state index is -0.414. The van der Waals surface area contributed by atoms with Gasteiger partial charge in [0.2, 0.25) is 0 Å². The maximum Gasteiger partial charge on any atom is 0.276 e. The molecule has 0 spiro atoms. The van der Waals surface area contributed by atoms with Crippen LogP contribution in [0.2, 0.25) is 0 Å². The third kappa shape index (κ3) is 4.52. The van der Waals surface area contributed by atoms with Gasteiger partial charge in [-0.05, 0) is 38.8 Å². The second kappa shape index (κ2) is 9.36. The number of rotatable bonds is 8. The van der Waals surface area contributed by atoms with E-state index in [2.05, 4.69) is 15.3 Å². The van der Waals surface area contributed by atoms with E-state index >= 15 is 0 Å². The Morgan fingerprint density at radius 1 is 1.27 bits per heavy atom. The second-order valence-electron chi connectivity index (χ2n) is 7.28. The molecule has 1 aliphatic heterocycles. The lowest BCUT2D eigenvalue weighted by Crippen LogP contribution is -2.39. The number of carbonyl (C=O) groups is 1. The van der Waals surface area contributed by atoms with Gasteiger partial charge in [-0.15, -0.1) is 5.10 Å². The van der Waals surface area contributed by atoms with Gasteiger partial charge in [-0.2, -0.15) is 0 Å². The molecule has 1 amide bonds. The van der Waals surface area contributed by atoms with E-state index in [0.29, 0.717) is 44.4 Å². The van der Waals surface area contributed by atoms with Crippen LogP contribution in [0.5, 0.6) is 0 Å². The lowest BCUT2D eigenvalue weighted by molar-refractivity contribution is -0.145. The van der Waals surface area contributed by atoms with Crippen LogP contribution in [0.1, 0.15) is 49.0 Å². The smallest absolute Gasteiger partial charge is 0.276 e. The van der Waals surface area contributed by atoms with Gasteiger partial charge in [-0.1, -0.05) is 17.3 Å². The number of ether oxygens (including phenoxy) is 2. The molecule has 4 rings (SSSR count). The maximum absolute atomic E-state index is 13.0. The molecule has 9 nitrogen and oxygen atoms in total. The fourth-order valence-electron chi connectivity index (χ4n) is 3.75. The van der Waals surface area contributed by atoms with Gasteiger partial charge in [0.05, 0.1) is 18.7 Å². The van der Waals surface area contributed by atoms with Crippen LogP contribution in [0.4, 0.5) is 0 Å². The quantitative estimate of drug-likeness (QED) is 0.524. The molecule has 30 heavy (non-hydrogen) atoms. The van der Waals surface area contributed by atoms with Gasteiger partial charge in [0.25, 0.3) is 5.91 Å². The summed E-state index contributed by atoms with van der Waals surface area (Å²) in [5.41, 5.74) is 1.94. The Morgan fingerprint density at radius 2 is 2.07 bits per heavy atom. The molecule has 9 heteroatoms. The van der Waals surface area contributed by atoms with E-state index in [0.717, 1.165) is 23.9 Å². The van der Waals surface area contributed by atoms with Crippen molar-refractivity contribution in [2.75, 3.05) is 26.3 Å². The fraction of sp³-hybridized carbons (Fsp3) is 0.524. The highest BCUT2D eigenvalue weighted by Gasteiger charge is 2.30. The first-order valence-electron chi connectivity index (χ1n) is 10.5. The summed E-state index contributed by atoms with van der Waals surface area (Å²) in [6.07, 6.45) is 3.06. The molecule has 0 aliphatic carbocycles. The zero-order chi connectivity index (χ0) is 20.9. The summed E-state index contributed by atoms with van der Waals surface area (Å²) in [7, 11) is 0. The van der Waals surface area contributed by atoms with Gasteiger partial charge in [0, 0.05) is 26.3 Å². The molecule has 3 heterocycles. The molecule has 0 saturated carbocycles. The van der Waals surface area contributed by atoms with E-state index in [9.17, 15) is 4.79 Å². The van der Waals surface area contributed by atoms with Crippen molar-refractivity contribution in [1.82, 2.24) is 24.9 Å². The van der Waals surface area contributed by atoms with Crippen LogP contribution in [0.25, 0.3) is 11.1 Å². The lowest BCUT2D eigenvalue weighted by atomic mass is 9.98. The number of aromatic nitrogens is 4. The van der Waals surface area contributed by atoms with Gasteiger partial charge < -0.3 is 18.8 Å². The summed E-state index contributed by atoms with van der Waals surface area (Å²) < 4.78 is 18.6. The third-order valence-corrected chi connectivity index (χ3v) is 5.17. The number of piperidine rings is 1. The highest BCUT2D eigenvalue weighted by Crippen LogP contribution is 2.29. The summed E-state index contributed by atoms with van der Waals surface area (Å²) in [5, 5.41) is 8.14. The summed E-state index contributed by atoms with van der Waals surface area (Å²) in [6, 6.07) is 7.72. The molecular weight excluding hydrogens is 386 g/mol. The molecule has 160 valence electrons. The number of likely N-dealkylation sites (tertiary alicyclic amines) is 1. The van der Waals surface area contributed by atoms with E-state index < -0.39 is 6.29 Å². The van der Waals surface area contributed by atoms with E-state index in [4.69, 9.17) is 13.9 Å². The minimum Gasteiger partial charge on any atom is -0.440 e. The van der Waals surface area contributed by atoms with Crippen LogP contribution in [-0.2, 0) is 16.0 Å². The van der Waals surface area contributed by atoms with Crippen molar-refractivity contribution in [3.8, 4) is 0 Å². The Kier molecular flexibility index (Phi) is 6.39. The average molecular weight is 413 g/mol. The number of oxazole rings is 1. The van der Waals surface area contributed by atoms with Crippen molar-refractivity contribution in [3.05, 3.63) is 42.0 Å². The standard InChI is InChI=1S/C21H27N5O4/c1-3-28-19(29-4-2)14-26-13-17(23-24-26)21(27)25-11-7-8-15(12-25)20-22-16-9-5-6-10-18(16)30-20/h5-6,9-10,13,15,19H,3-4,7-8,11-12,14H2,1-2H3. The zero-order valence-corrected chi connectivity index (χ0v) is 17.4. The van der Waals surface area contributed by atoms with Crippen molar-refractivity contribution in [1.29, 1.82) is 0 Å². The van der Waals surface area contributed by atoms with Gasteiger partial charge in [0.15, 0.2) is 23.5 Å². The first kappa shape index (κ1) is 20.5. The number of amides is 1. The number of hydrogen-bond acceptors (Lipinski definition) is 7. The monoisotopic (exact) mass is 413 g/mol. The summed E-state index contributed by atoms with van der Waals surface area (Å²) in [4.78, 5) is 19.4. The molecule has 0 N–H and O–H groups in total. The maximum atomic E-state index is 13.0. The largest absolute Gasteiger partial charge is 0.440 e. The molecule has 0 radical (unpaired) electrons. The van der Waals surface area contributed by atoms with E-state index in [-0.39, 0.29) is 11.8 Å². The van der Waals surface area contributed by atoms with Gasteiger partial charge in [-0.3, -0.25) is 4.79 Å². The van der Waals surface area contributed by atoms with Crippen LogP contribution in [0.15, 0.2) is 34.9 Å². The topological polar surface area (TPSA) is 95.5 Å². The van der Waals surface area contributed by atoms with Crippen molar-refractivity contribution in [3.63, 3.8) is 0 Å². The Morgan fingerprint density at radius 3 is 2.83 bits per heavy atom. The molecule has 0 bridgehead atoms. The molecule has 1 unspecified atom stereocenters. The minimum absolute atomic E-state index is 0.0745. The van der Waals surface area contributed by atoms with E-state index in [1.807, 2.05) is 38.1 Å². The molecule has 1 fully saturated rings. The summed E-state index contributed by atoms with van der Waals surface area (Å²) in [6.45, 7) is 6.51. The highest BCUT2D eigenvalue weighted by atomic mass is 16.7. The highest BCUT2D eigenvalue weighted by molar-refractivity contribution is 5.92. The average Bonchev–Trinajstić information content (AvgIpc) is 3.41. The third-order valence-electron chi connectivity index (χ3n) is 5.17. The number of para-hydroxylation sites is 2. The number of fused-ring (bicyclic) bond motifs is 1. The molecule has 3 aromatic rings. The van der Waals surface area contributed by atoms with Crippen LogP contribution in [0, 0.1) is 0 Å². The molecule has 1 saturated heterocycles. The Labute approximate surface area is 175 Å². The van der Waals surface area contributed by atoms with Crippen molar-refractivity contribution >= 4 is 17.0 Å². The Bertz CT molecular complexity index is 946. The van der Waals surface area contributed by atoms with Crippen molar-refractivity contribution < 1.29 is 18.7 Å². The summed E-state index contributed by atoms with van der Waals surface area (Å²) in [5.74, 6) is 0.630. The van der Waals surface area contributed by atoms with E-state index in [1.54, 1.807) is 15.8 Å². The lowest BCUT2D eigenvalue weighted by Gasteiger charge is -2.30. The number of hydrogen-bond donors (Lipinski definition) is 0.